The summed E-state index contributed by atoms with van der Waals surface area (Å²) < 4.78 is 0. The van der Waals surface area contributed by atoms with E-state index in [1.807, 2.05) is 0 Å². The molecule has 0 saturated heterocycles. The molecule has 2 rings (SSSR count). The molecule has 4 nitrogen and oxygen atoms in total. The van der Waals surface area contributed by atoms with Crippen LogP contribution in [0.2, 0.25) is 5.02 Å². The molecule has 0 bridgehead atoms. The van der Waals surface area contributed by atoms with E-state index in [2.05, 4.69) is 17.6 Å². The van der Waals surface area contributed by atoms with Gasteiger partial charge in [-0.2, -0.15) is 12.6 Å². The Morgan fingerprint density at radius 3 is 2.80 bits per heavy atom. The molecule has 0 aliphatic carbocycles. The fourth-order valence-electron chi connectivity index (χ4n) is 1.57. The number of fused-ring (bicyclic) bond motifs is 1. The maximum absolute atomic E-state index is 10.3. The zero-order valence-corrected chi connectivity index (χ0v) is 9.33. The van der Waals surface area contributed by atoms with Gasteiger partial charge in [0.25, 0.3) is 0 Å². The summed E-state index contributed by atoms with van der Waals surface area (Å²) in [6.45, 7) is 0. The van der Waals surface area contributed by atoms with Crippen molar-refractivity contribution in [3.05, 3.63) is 28.8 Å². The fraction of sp³-hybridized carbons (Fsp3) is 0.222. The summed E-state index contributed by atoms with van der Waals surface area (Å²) in [6, 6.07) is 4.95. The van der Waals surface area contributed by atoms with E-state index >= 15 is 0 Å². The molecule has 80 valence electrons. The average molecular weight is 244 g/mol. The van der Waals surface area contributed by atoms with E-state index in [0.29, 0.717) is 16.3 Å². The zero-order chi connectivity index (χ0) is 11.2. The number of aliphatic hydroxyl groups is 1. The van der Waals surface area contributed by atoms with Crippen LogP contribution in [0.25, 0.3) is 0 Å². The van der Waals surface area contributed by atoms with E-state index in [0.717, 1.165) is 0 Å². The van der Waals surface area contributed by atoms with Gasteiger partial charge in [-0.1, -0.05) is 11.6 Å². The van der Waals surface area contributed by atoms with Crippen LogP contribution in [0.4, 0.5) is 5.69 Å². The average Bonchev–Trinajstić information content (AvgIpc) is 2.42. The molecule has 6 heteroatoms. The van der Waals surface area contributed by atoms with Crippen LogP contribution in [-0.2, 0) is 5.60 Å². The number of aliphatic imine (C=N–C) groups is 1. The molecule has 2 unspecified atom stereocenters. The summed E-state index contributed by atoms with van der Waals surface area (Å²) in [6.07, 6.45) is 0. The highest BCUT2D eigenvalue weighted by atomic mass is 35.5. The van der Waals surface area contributed by atoms with Gasteiger partial charge in [-0.25, -0.2) is 4.99 Å². The Kier molecular flexibility index (Phi) is 2.42. The lowest BCUT2D eigenvalue weighted by Gasteiger charge is -2.27. The van der Waals surface area contributed by atoms with Crippen molar-refractivity contribution >= 4 is 35.8 Å². The monoisotopic (exact) mass is 243 g/mol. The van der Waals surface area contributed by atoms with E-state index in [-0.39, 0.29) is 5.84 Å². The lowest BCUT2D eigenvalue weighted by molar-refractivity contribution is 0.113. The van der Waals surface area contributed by atoms with Gasteiger partial charge < -0.3 is 16.6 Å². The first kappa shape index (κ1) is 10.8. The Labute approximate surface area is 97.3 Å². The van der Waals surface area contributed by atoms with Gasteiger partial charge in [0.05, 0.1) is 11.1 Å². The molecule has 1 aromatic carbocycles. The molecule has 15 heavy (non-hydrogen) atoms. The molecular formula is C9H10ClN3OS. The fourth-order valence-corrected chi connectivity index (χ4v) is 2.02. The standard InChI is InChI=1S/C9H10ClN3OS/c10-4-1-2-6-5(3-4)9(14,8(12)15)7(11)13-6/h1-3,8,14-15H,12H2,(H2,11,13). The quantitative estimate of drug-likeness (QED) is 0.434. The van der Waals surface area contributed by atoms with Gasteiger partial charge in [-0.15, -0.1) is 0 Å². The SMILES string of the molecule is NC1=Nc2ccc(Cl)cc2C1(O)C(N)S. The zero-order valence-electron chi connectivity index (χ0n) is 7.68. The molecule has 1 aliphatic heterocycles. The summed E-state index contributed by atoms with van der Waals surface area (Å²) in [7, 11) is 0. The van der Waals surface area contributed by atoms with Gasteiger partial charge >= 0.3 is 0 Å². The number of thiol groups is 1. The molecule has 5 N–H and O–H groups in total. The lowest BCUT2D eigenvalue weighted by Crippen LogP contribution is -2.50. The van der Waals surface area contributed by atoms with E-state index in [1.165, 1.54) is 0 Å². The summed E-state index contributed by atoms with van der Waals surface area (Å²) in [5.74, 6) is 0.0438. The molecule has 1 aliphatic rings. The topological polar surface area (TPSA) is 84.6 Å². The predicted octanol–water partition coefficient (Wildman–Crippen LogP) is 0.744. The van der Waals surface area contributed by atoms with Crippen molar-refractivity contribution in [3.63, 3.8) is 0 Å². The largest absolute Gasteiger partial charge is 0.384 e. The highest BCUT2D eigenvalue weighted by Gasteiger charge is 2.44. The van der Waals surface area contributed by atoms with Gasteiger partial charge in [-0.05, 0) is 18.2 Å². The van der Waals surface area contributed by atoms with Crippen LogP contribution in [0.1, 0.15) is 5.56 Å². The van der Waals surface area contributed by atoms with Gasteiger partial charge in [0.2, 0.25) is 0 Å². The molecular weight excluding hydrogens is 234 g/mol. The van der Waals surface area contributed by atoms with E-state index in [4.69, 9.17) is 23.1 Å². The maximum atomic E-state index is 10.3. The van der Waals surface area contributed by atoms with Crippen molar-refractivity contribution in [2.45, 2.75) is 11.0 Å². The van der Waals surface area contributed by atoms with Gasteiger partial charge in [0.1, 0.15) is 5.84 Å². The first-order valence-electron chi connectivity index (χ1n) is 4.27. The molecule has 0 saturated carbocycles. The summed E-state index contributed by atoms with van der Waals surface area (Å²) in [4.78, 5) is 4.02. The third-order valence-electron chi connectivity index (χ3n) is 2.43. The number of halogens is 1. The van der Waals surface area contributed by atoms with E-state index < -0.39 is 11.0 Å². The van der Waals surface area contributed by atoms with E-state index in [9.17, 15) is 5.11 Å². The minimum absolute atomic E-state index is 0.0438. The van der Waals surface area contributed by atoms with Gasteiger partial charge in [0.15, 0.2) is 5.60 Å². The number of benzene rings is 1. The maximum Gasteiger partial charge on any atom is 0.173 e. The normalized spacial score (nSPS) is 26.0. The molecule has 2 atom stereocenters. The van der Waals surface area contributed by atoms with Crippen molar-refractivity contribution in [1.82, 2.24) is 0 Å². The Morgan fingerprint density at radius 2 is 2.20 bits per heavy atom. The summed E-state index contributed by atoms with van der Waals surface area (Å²) in [5, 5.41) is 9.94. The number of nitrogens with two attached hydrogens (primary N) is 2. The predicted molar refractivity (Wildman–Crippen MR) is 63.6 cm³/mol. The van der Waals surface area contributed by atoms with Crippen LogP contribution < -0.4 is 11.5 Å². The lowest BCUT2D eigenvalue weighted by atomic mass is 9.94. The molecule has 1 aromatic rings. The molecule has 0 amide bonds. The molecule has 1 heterocycles. The number of hydrogen-bond acceptors (Lipinski definition) is 5. The number of amidine groups is 1. The number of nitrogens with zero attached hydrogens (tertiary/aromatic N) is 1. The van der Waals surface area contributed by atoms with Crippen molar-refractivity contribution in [2.75, 3.05) is 0 Å². The van der Waals surface area contributed by atoms with Gasteiger partial charge in [0, 0.05) is 10.6 Å². The second kappa shape index (κ2) is 3.38. The Morgan fingerprint density at radius 1 is 1.53 bits per heavy atom. The van der Waals surface area contributed by atoms with Crippen LogP contribution in [0, 0.1) is 0 Å². The molecule has 0 spiro atoms. The third kappa shape index (κ3) is 1.43. The van der Waals surface area contributed by atoms with E-state index in [1.54, 1.807) is 18.2 Å². The minimum atomic E-state index is -1.54. The van der Waals surface area contributed by atoms with Gasteiger partial charge in [-0.3, -0.25) is 0 Å². The highest BCUT2D eigenvalue weighted by Crippen LogP contribution is 2.40. The Balaban J connectivity index is 2.64. The van der Waals surface area contributed by atoms with Crippen LogP contribution in [0.3, 0.4) is 0 Å². The summed E-state index contributed by atoms with van der Waals surface area (Å²) >= 11 is 9.86. The first-order chi connectivity index (χ1) is 6.96. The van der Waals surface area contributed by atoms with Crippen LogP contribution in [-0.4, -0.2) is 16.3 Å². The summed E-state index contributed by atoms with van der Waals surface area (Å²) in [5.41, 5.74) is 10.8. The molecule has 0 aromatic heterocycles. The molecule has 0 fully saturated rings. The van der Waals surface area contributed by atoms with Crippen molar-refractivity contribution in [2.24, 2.45) is 16.5 Å². The van der Waals surface area contributed by atoms with Crippen molar-refractivity contribution < 1.29 is 5.11 Å². The first-order valence-corrected chi connectivity index (χ1v) is 5.16. The Bertz CT molecular complexity index is 449. The van der Waals surface area contributed by atoms with Crippen molar-refractivity contribution in [1.29, 1.82) is 0 Å². The second-order valence-electron chi connectivity index (χ2n) is 3.37. The molecule has 0 radical (unpaired) electrons. The highest BCUT2D eigenvalue weighted by molar-refractivity contribution is 7.81. The van der Waals surface area contributed by atoms with Crippen LogP contribution in [0.15, 0.2) is 23.2 Å². The third-order valence-corrected chi connectivity index (χ3v) is 3.04. The smallest absolute Gasteiger partial charge is 0.173 e. The number of rotatable bonds is 1. The second-order valence-corrected chi connectivity index (χ2v) is 4.36. The van der Waals surface area contributed by atoms with Crippen LogP contribution in [0.5, 0.6) is 0 Å². The minimum Gasteiger partial charge on any atom is -0.384 e. The van der Waals surface area contributed by atoms with Crippen molar-refractivity contribution in [3.8, 4) is 0 Å². The Hall–Kier alpha value is -0.750. The van der Waals surface area contributed by atoms with Crippen LogP contribution >= 0.6 is 24.2 Å². The number of hydrogen-bond donors (Lipinski definition) is 4.